The van der Waals surface area contributed by atoms with Gasteiger partial charge in [0.2, 0.25) is 0 Å². The Kier molecular flexibility index (Phi) is 2.52. The molecule has 4 rings (SSSR count). The van der Waals surface area contributed by atoms with E-state index >= 15 is 0 Å². The van der Waals surface area contributed by atoms with Gasteiger partial charge in [-0.05, 0) is 30.5 Å². The smallest absolute Gasteiger partial charge is 0.0755 e. The van der Waals surface area contributed by atoms with Crippen molar-refractivity contribution in [3.63, 3.8) is 0 Å². The van der Waals surface area contributed by atoms with Crippen LogP contribution in [0.15, 0.2) is 48.5 Å². The van der Waals surface area contributed by atoms with Crippen LogP contribution in [0.2, 0.25) is 0 Å². The predicted molar refractivity (Wildman–Crippen MR) is 81.7 cm³/mol. The molecule has 0 atom stereocenters. The lowest BCUT2D eigenvalue weighted by atomic mass is 10.1. The molecule has 20 heavy (non-hydrogen) atoms. The van der Waals surface area contributed by atoms with E-state index in [-0.39, 0.29) is 0 Å². The lowest BCUT2D eigenvalue weighted by Crippen LogP contribution is -2.01. The first-order valence-corrected chi connectivity index (χ1v) is 7.12. The fourth-order valence-electron chi connectivity index (χ4n) is 2.81. The number of nitrogen functional groups attached to an aromatic ring is 1. The van der Waals surface area contributed by atoms with Gasteiger partial charge in [0.1, 0.15) is 0 Å². The Bertz CT molecular complexity index is 755. The fraction of sp³-hybridized carbons (Fsp3) is 0.235. The van der Waals surface area contributed by atoms with E-state index < -0.39 is 0 Å². The highest BCUT2D eigenvalue weighted by molar-refractivity contribution is 5.93. The second-order valence-corrected chi connectivity index (χ2v) is 5.54. The monoisotopic (exact) mass is 263 g/mol. The van der Waals surface area contributed by atoms with Crippen LogP contribution in [0.4, 0.5) is 5.69 Å². The van der Waals surface area contributed by atoms with E-state index in [2.05, 4.69) is 35.0 Å². The quantitative estimate of drug-likeness (QED) is 0.734. The highest BCUT2D eigenvalue weighted by Gasteiger charge is 2.29. The van der Waals surface area contributed by atoms with E-state index in [0.717, 1.165) is 23.1 Å². The van der Waals surface area contributed by atoms with Crippen LogP contribution in [0.1, 0.15) is 30.0 Å². The van der Waals surface area contributed by atoms with Gasteiger partial charge in [-0.25, -0.2) is 0 Å². The van der Waals surface area contributed by atoms with Crippen LogP contribution in [0, 0.1) is 0 Å². The van der Waals surface area contributed by atoms with E-state index in [1.54, 1.807) is 0 Å². The van der Waals surface area contributed by atoms with Crippen molar-refractivity contribution < 1.29 is 0 Å². The highest BCUT2D eigenvalue weighted by atomic mass is 15.3. The molecule has 0 bridgehead atoms. The summed E-state index contributed by atoms with van der Waals surface area (Å²) in [5.74, 6) is 0.610. The number of aromatic nitrogens is 2. The average molecular weight is 263 g/mol. The summed E-state index contributed by atoms with van der Waals surface area (Å²) in [6.07, 6.45) is 2.48. The fourth-order valence-corrected chi connectivity index (χ4v) is 2.81. The summed E-state index contributed by atoms with van der Waals surface area (Å²) in [7, 11) is 0. The highest BCUT2D eigenvalue weighted by Crippen LogP contribution is 2.43. The lowest BCUT2D eigenvalue weighted by molar-refractivity contribution is 0.694. The molecular formula is C17H17N3. The number of benzene rings is 2. The number of hydrogen-bond acceptors (Lipinski definition) is 2. The third-order valence-electron chi connectivity index (χ3n) is 3.98. The van der Waals surface area contributed by atoms with Crippen LogP contribution in [-0.4, -0.2) is 9.78 Å². The predicted octanol–water partition coefficient (Wildman–Crippen LogP) is 3.54. The molecule has 1 fully saturated rings. The topological polar surface area (TPSA) is 43.8 Å². The van der Waals surface area contributed by atoms with Gasteiger partial charge in [-0.2, -0.15) is 5.10 Å². The minimum absolute atomic E-state index is 0.610. The average Bonchev–Trinajstić information content (AvgIpc) is 3.24. The minimum atomic E-state index is 0.610. The van der Waals surface area contributed by atoms with Crippen LogP contribution in [0.5, 0.6) is 0 Å². The van der Waals surface area contributed by atoms with Crippen molar-refractivity contribution in [2.24, 2.45) is 0 Å². The van der Waals surface area contributed by atoms with Crippen molar-refractivity contribution in [1.82, 2.24) is 9.78 Å². The summed E-state index contributed by atoms with van der Waals surface area (Å²) in [4.78, 5) is 0. The Morgan fingerprint density at radius 1 is 1.05 bits per heavy atom. The van der Waals surface area contributed by atoms with Gasteiger partial charge in [-0.1, -0.05) is 36.4 Å². The Balaban J connectivity index is 1.85. The maximum atomic E-state index is 6.18. The van der Waals surface area contributed by atoms with Crippen molar-refractivity contribution in [2.75, 3.05) is 5.73 Å². The van der Waals surface area contributed by atoms with E-state index in [4.69, 9.17) is 10.8 Å². The van der Waals surface area contributed by atoms with Gasteiger partial charge < -0.3 is 5.73 Å². The Hall–Kier alpha value is -2.29. The molecule has 1 aromatic heterocycles. The molecule has 0 spiro atoms. The molecule has 0 amide bonds. The zero-order chi connectivity index (χ0) is 13.5. The van der Waals surface area contributed by atoms with Gasteiger partial charge in [-0.3, -0.25) is 4.68 Å². The molecule has 0 unspecified atom stereocenters. The second-order valence-electron chi connectivity index (χ2n) is 5.54. The van der Waals surface area contributed by atoms with Crippen molar-refractivity contribution in [1.29, 1.82) is 0 Å². The summed E-state index contributed by atoms with van der Waals surface area (Å²) in [6, 6.07) is 16.5. The first kappa shape index (κ1) is 11.5. The zero-order valence-electron chi connectivity index (χ0n) is 11.3. The first-order chi connectivity index (χ1) is 9.83. The van der Waals surface area contributed by atoms with Crippen molar-refractivity contribution in [2.45, 2.75) is 25.3 Å². The normalized spacial score (nSPS) is 14.8. The van der Waals surface area contributed by atoms with Gasteiger partial charge >= 0.3 is 0 Å². The number of nitrogens with zero attached hydrogens (tertiary/aromatic N) is 2. The number of nitrogens with two attached hydrogens (primary N) is 1. The summed E-state index contributed by atoms with van der Waals surface area (Å²) >= 11 is 0. The largest absolute Gasteiger partial charge is 0.398 e. The van der Waals surface area contributed by atoms with Crippen molar-refractivity contribution in [3.05, 3.63) is 59.8 Å². The Labute approximate surface area is 118 Å². The summed E-state index contributed by atoms with van der Waals surface area (Å²) in [5, 5.41) is 6.00. The number of hydrogen-bond donors (Lipinski definition) is 1. The van der Waals surface area contributed by atoms with Crippen LogP contribution in [-0.2, 0) is 6.54 Å². The summed E-state index contributed by atoms with van der Waals surface area (Å²) in [6.45, 7) is 0.799. The van der Waals surface area contributed by atoms with Gasteiger partial charge in [-0.15, -0.1) is 0 Å². The standard InChI is InChI=1S/C17H17N3/c18-14-7-4-8-15-16(14)17(13-9-10-13)19-20(15)11-12-5-2-1-3-6-12/h1-8,13H,9-11,18H2. The van der Waals surface area contributed by atoms with Gasteiger partial charge in [0, 0.05) is 17.0 Å². The molecule has 1 aliphatic rings. The third kappa shape index (κ3) is 1.86. The number of rotatable bonds is 3. The maximum absolute atomic E-state index is 6.18. The molecule has 0 saturated heterocycles. The molecule has 0 aliphatic heterocycles. The third-order valence-corrected chi connectivity index (χ3v) is 3.98. The molecule has 2 aromatic carbocycles. The van der Waals surface area contributed by atoms with E-state index in [1.807, 2.05) is 18.2 Å². The Morgan fingerprint density at radius 3 is 2.60 bits per heavy atom. The number of anilines is 1. The van der Waals surface area contributed by atoms with Crippen LogP contribution in [0.3, 0.4) is 0 Å². The van der Waals surface area contributed by atoms with Crippen LogP contribution < -0.4 is 5.73 Å². The molecular weight excluding hydrogens is 246 g/mol. The Morgan fingerprint density at radius 2 is 1.85 bits per heavy atom. The van der Waals surface area contributed by atoms with Gasteiger partial charge in [0.25, 0.3) is 0 Å². The molecule has 0 radical (unpaired) electrons. The molecule has 1 saturated carbocycles. The van der Waals surface area contributed by atoms with Gasteiger partial charge in [0.05, 0.1) is 17.8 Å². The maximum Gasteiger partial charge on any atom is 0.0755 e. The lowest BCUT2D eigenvalue weighted by Gasteiger charge is -2.04. The van der Waals surface area contributed by atoms with Crippen molar-refractivity contribution >= 4 is 16.6 Å². The summed E-state index contributed by atoms with van der Waals surface area (Å²) < 4.78 is 2.09. The second kappa shape index (κ2) is 4.37. The summed E-state index contributed by atoms with van der Waals surface area (Å²) in [5.41, 5.74) is 10.6. The van der Waals surface area contributed by atoms with E-state index in [9.17, 15) is 0 Å². The molecule has 3 heteroatoms. The molecule has 1 heterocycles. The minimum Gasteiger partial charge on any atom is -0.398 e. The first-order valence-electron chi connectivity index (χ1n) is 7.12. The van der Waals surface area contributed by atoms with E-state index in [0.29, 0.717) is 5.92 Å². The van der Waals surface area contributed by atoms with Gasteiger partial charge in [0.15, 0.2) is 0 Å². The molecule has 3 aromatic rings. The number of fused-ring (bicyclic) bond motifs is 1. The van der Waals surface area contributed by atoms with Crippen molar-refractivity contribution in [3.8, 4) is 0 Å². The molecule has 100 valence electrons. The van der Waals surface area contributed by atoms with Crippen LogP contribution >= 0.6 is 0 Å². The zero-order valence-corrected chi connectivity index (χ0v) is 11.3. The SMILES string of the molecule is Nc1cccc2c1c(C1CC1)nn2Cc1ccccc1. The van der Waals surface area contributed by atoms with Crippen LogP contribution in [0.25, 0.3) is 10.9 Å². The molecule has 3 nitrogen and oxygen atoms in total. The molecule has 2 N–H and O–H groups in total. The molecule has 1 aliphatic carbocycles. The van der Waals surface area contributed by atoms with E-state index in [1.165, 1.54) is 24.1 Å².